The quantitative estimate of drug-likeness (QED) is 0.205. The molecule has 1 rings (SSSR count). The van der Waals surface area contributed by atoms with Gasteiger partial charge in [0.15, 0.2) is 0 Å². The van der Waals surface area contributed by atoms with E-state index in [9.17, 15) is 57.8 Å². The molecule has 1 atom stereocenters. The molecule has 1 aromatic carbocycles. The highest BCUT2D eigenvalue weighted by Gasteiger charge is 2.75. The highest BCUT2D eigenvalue weighted by Crippen LogP contribution is 2.56. The third-order valence-electron chi connectivity index (χ3n) is 5.37. The van der Waals surface area contributed by atoms with E-state index in [2.05, 4.69) is 14.2 Å². The molecule has 16 heteroatoms. The summed E-state index contributed by atoms with van der Waals surface area (Å²) in [6.07, 6.45) is -26.1. The Bertz CT molecular complexity index is 830. The van der Waals surface area contributed by atoms with Crippen molar-refractivity contribution in [1.29, 1.82) is 0 Å². The number of ether oxygens (including phenoxy) is 3. The van der Waals surface area contributed by atoms with Gasteiger partial charge >= 0.3 is 24.7 Å². The summed E-state index contributed by atoms with van der Waals surface area (Å²) in [6.45, 7) is -0.0823. The van der Waals surface area contributed by atoms with Crippen LogP contribution in [0.2, 0.25) is 0 Å². The van der Waals surface area contributed by atoms with Crippen molar-refractivity contribution in [3.05, 3.63) is 34.9 Å². The number of aliphatic hydroxyl groups is 1. The number of hydrogen-bond donors (Lipinski definition) is 1. The Balaban J connectivity index is 4.08. The number of halogens is 12. The van der Waals surface area contributed by atoms with Crippen molar-refractivity contribution < 1.29 is 72.0 Å². The highest BCUT2D eigenvalue weighted by molar-refractivity contribution is 5.41. The van der Waals surface area contributed by atoms with Gasteiger partial charge in [-0.2, -0.15) is 52.7 Å². The molecule has 0 aliphatic heterocycles. The van der Waals surface area contributed by atoms with Gasteiger partial charge in [-0.1, -0.05) is 26.0 Å². The van der Waals surface area contributed by atoms with Gasteiger partial charge in [0.2, 0.25) is 0 Å². The van der Waals surface area contributed by atoms with Crippen molar-refractivity contribution >= 4 is 0 Å². The smallest absolute Gasteiger partial charge is 0.382 e. The largest absolute Gasteiger partial charge is 0.430 e. The minimum absolute atomic E-state index is 0.0608. The zero-order chi connectivity index (χ0) is 28.4. The maximum Gasteiger partial charge on any atom is 0.430 e. The maximum atomic E-state index is 14.0. The van der Waals surface area contributed by atoms with Crippen LogP contribution in [0.3, 0.4) is 0 Å². The van der Waals surface area contributed by atoms with Crippen molar-refractivity contribution in [2.45, 2.75) is 62.1 Å². The first kappa shape index (κ1) is 32.2. The molecule has 4 nitrogen and oxygen atoms in total. The monoisotopic (exact) mass is 554 g/mol. The number of alkyl halides is 12. The Labute approximate surface area is 197 Å². The Kier molecular flexibility index (Phi) is 9.77. The van der Waals surface area contributed by atoms with Crippen molar-refractivity contribution in [3.8, 4) is 0 Å². The summed E-state index contributed by atoms with van der Waals surface area (Å²) >= 11 is 0. The van der Waals surface area contributed by atoms with Crippen LogP contribution in [0, 0.1) is 0 Å². The molecule has 0 saturated heterocycles. The second-order valence-electron chi connectivity index (χ2n) is 7.70. The Hall–Kier alpha value is -1.78. The van der Waals surface area contributed by atoms with Gasteiger partial charge in [0.25, 0.3) is 11.2 Å². The Morgan fingerprint density at radius 1 is 0.750 bits per heavy atom. The average molecular weight is 554 g/mol. The van der Waals surface area contributed by atoms with Crippen molar-refractivity contribution in [2.24, 2.45) is 0 Å². The van der Waals surface area contributed by atoms with E-state index in [-0.39, 0.29) is 25.2 Å². The van der Waals surface area contributed by atoms with Crippen LogP contribution < -0.4 is 0 Å². The van der Waals surface area contributed by atoms with E-state index in [0.717, 1.165) is 14.0 Å². The first-order valence-corrected chi connectivity index (χ1v) is 9.97. The van der Waals surface area contributed by atoms with Crippen LogP contribution in [0.5, 0.6) is 0 Å². The summed E-state index contributed by atoms with van der Waals surface area (Å²) in [5, 5.41) is 9.71. The Morgan fingerprint density at radius 2 is 1.22 bits per heavy atom. The molecule has 0 spiro atoms. The minimum Gasteiger partial charge on any atom is -0.382 e. The number of rotatable bonds is 10. The van der Waals surface area contributed by atoms with E-state index in [1.54, 1.807) is 0 Å². The molecular weight excluding hydrogens is 532 g/mol. The van der Waals surface area contributed by atoms with E-state index in [1.807, 2.05) is 0 Å². The van der Waals surface area contributed by atoms with E-state index >= 15 is 0 Å². The molecule has 1 N–H and O–H groups in total. The molecule has 1 unspecified atom stereocenters. The molecule has 0 aromatic heterocycles. The molecule has 0 amide bonds. The summed E-state index contributed by atoms with van der Waals surface area (Å²) < 4.78 is 178. The predicted octanol–water partition coefficient (Wildman–Crippen LogP) is 6.47. The summed E-state index contributed by atoms with van der Waals surface area (Å²) in [4.78, 5) is 0. The molecule has 0 aliphatic rings. The maximum absolute atomic E-state index is 14.0. The van der Waals surface area contributed by atoms with Gasteiger partial charge in [-0.3, -0.25) is 0 Å². The van der Waals surface area contributed by atoms with Crippen LogP contribution in [0.25, 0.3) is 0 Å². The van der Waals surface area contributed by atoms with Gasteiger partial charge in [-0.05, 0) is 24.0 Å². The first-order chi connectivity index (χ1) is 16.1. The fraction of sp³-hybridized carbons (Fsp3) is 0.700. The zero-order valence-electron chi connectivity index (χ0n) is 18.8. The molecule has 0 bridgehead atoms. The van der Waals surface area contributed by atoms with Gasteiger partial charge in [-0.15, -0.1) is 0 Å². The molecule has 0 heterocycles. The van der Waals surface area contributed by atoms with E-state index < -0.39 is 78.0 Å². The van der Waals surface area contributed by atoms with Crippen molar-refractivity contribution in [3.63, 3.8) is 0 Å². The van der Waals surface area contributed by atoms with Crippen LogP contribution in [0.1, 0.15) is 42.9 Å². The third-order valence-corrected chi connectivity index (χ3v) is 5.37. The predicted molar refractivity (Wildman–Crippen MR) is 98.7 cm³/mol. The normalized spacial score (nSPS) is 15.3. The highest BCUT2D eigenvalue weighted by atomic mass is 19.4. The van der Waals surface area contributed by atoms with Crippen LogP contribution in [-0.4, -0.2) is 56.9 Å². The van der Waals surface area contributed by atoms with Gasteiger partial charge in [0.1, 0.15) is 6.79 Å². The lowest BCUT2D eigenvalue weighted by atomic mass is 9.81. The van der Waals surface area contributed by atoms with Crippen LogP contribution >= 0.6 is 0 Å². The second kappa shape index (κ2) is 10.9. The van der Waals surface area contributed by atoms with Gasteiger partial charge in [-0.25, -0.2) is 0 Å². The second-order valence-corrected chi connectivity index (χ2v) is 7.70. The molecule has 1 aromatic rings. The number of methoxy groups -OCH3 is 1. The van der Waals surface area contributed by atoms with E-state index in [4.69, 9.17) is 0 Å². The lowest BCUT2D eigenvalue weighted by Crippen LogP contribution is -2.57. The summed E-state index contributed by atoms with van der Waals surface area (Å²) in [7, 11) is 1.13. The van der Waals surface area contributed by atoms with E-state index in [1.165, 1.54) is 6.92 Å². The van der Waals surface area contributed by atoms with Crippen molar-refractivity contribution in [1.82, 2.24) is 0 Å². The minimum atomic E-state index is -6.57. The number of benzene rings is 1. The number of hydrogen-bond acceptors (Lipinski definition) is 4. The summed E-state index contributed by atoms with van der Waals surface area (Å²) in [5.41, 5.74) is -16.4. The van der Waals surface area contributed by atoms with Crippen molar-refractivity contribution in [2.75, 3.05) is 27.1 Å². The topological polar surface area (TPSA) is 47.9 Å². The molecule has 210 valence electrons. The van der Waals surface area contributed by atoms with Gasteiger partial charge in [0, 0.05) is 18.2 Å². The molecule has 0 saturated carbocycles. The lowest BCUT2D eigenvalue weighted by molar-refractivity contribution is -0.402. The Morgan fingerprint density at radius 3 is 1.61 bits per heavy atom. The zero-order valence-corrected chi connectivity index (χ0v) is 18.8. The summed E-state index contributed by atoms with van der Waals surface area (Å²) in [6, 6.07) is -0.463. The van der Waals surface area contributed by atoms with E-state index in [0.29, 0.717) is 0 Å². The van der Waals surface area contributed by atoms with Crippen LogP contribution in [-0.2, 0) is 25.4 Å². The summed E-state index contributed by atoms with van der Waals surface area (Å²) in [5.74, 6) is -1.12. The lowest BCUT2D eigenvalue weighted by Gasteiger charge is -2.39. The first-order valence-electron chi connectivity index (χ1n) is 9.97. The third kappa shape index (κ3) is 6.02. The molecule has 0 radical (unpaired) electrons. The fourth-order valence-corrected chi connectivity index (χ4v) is 3.14. The standard InChI is InChI=1S/C20H22F12O4/c1-4-11(2)12-7-13(15(33,17(21,22)23)18(24,25)26)9-14(8-12)16(19(27,28)29,20(30,31)32)36-10-35-6-5-34-3/h7-9,11,33H,4-6,10H2,1-3H3. The molecule has 0 aliphatic carbocycles. The molecule has 0 fully saturated rings. The van der Waals surface area contributed by atoms with Gasteiger partial charge in [0.05, 0.1) is 13.2 Å². The van der Waals surface area contributed by atoms with Crippen LogP contribution in [0.4, 0.5) is 52.7 Å². The van der Waals surface area contributed by atoms with Crippen LogP contribution in [0.15, 0.2) is 18.2 Å². The molecular formula is C20H22F12O4. The average Bonchev–Trinajstić information content (AvgIpc) is 2.71. The SMILES string of the molecule is CCC(C)c1cc(C(O)(C(F)(F)F)C(F)(F)F)cc(C(OCOCCOC)(C(F)(F)F)C(F)(F)F)c1. The van der Waals surface area contributed by atoms with Gasteiger partial charge < -0.3 is 19.3 Å². The fourth-order valence-electron chi connectivity index (χ4n) is 3.14. The molecule has 36 heavy (non-hydrogen) atoms.